The predicted molar refractivity (Wildman–Crippen MR) is 88.6 cm³/mol. The Bertz CT molecular complexity index is 827. The van der Waals surface area contributed by atoms with Crippen molar-refractivity contribution < 1.29 is 14.3 Å². The number of aromatic nitrogens is 2. The predicted octanol–water partition coefficient (Wildman–Crippen LogP) is 1.44. The number of benzene rings is 1. The summed E-state index contributed by atoms with van der Waals surface area (Å²) in [6.07, 6.45) is 1.69. The van der Waals surface area contributed by atoms with Crippen LogP contribution in [0.2, 0.25) is 0 Å². The number of fused-ring (bicyclic) bond motifs is 1. The maximum atomic E-state index is 12.6. The largest absolute Gasteiger partial charge is 0.466 e. The second-order valence-corrected chi connectivity index (χ2v) is 6.15. The zero-order chi connectivity index (χ0) is 17.5. The average Bonchev–Trinajstić information content (AvgIpc) is 2.86. The molecule has 0 saturated carbocycles. The number of ether oxygens (including phenoxy) is 1. The molecular formula is C17H20N4O3. The van der Waals surface area contributed by atoms with Gasteiger partial charge >= 0.3 is 0 Å². The number of nitrogens with zero attached hydrogens (tertiary/aromatic N) is 2. The molecule has 1 aromatic heterocycles. The van der Waals surface area contributed by atoms with Gasteiger partial charge in [0.05, 0.1) is 11.9 Å². The Morgan fingerprint density at radius 2 is 2.17 bits per heavy atom. The fourth-order valence-electron chi connectivity index (χ4n) is 2.55. The normalized spacial score (nSPS) is 19.2. The summed E-state index contributed by atoms with van der Waals surface area (Å²) in [6.45, 7) is 5.59. The summed E-state index contributed by atoms with van der Waals surface area (Å²) in [6, 6.07) is 5.43. The maximum Gasteiger partial charge on any atom is 0.278 e. The lowest BCUT2D eigenvalue weighted by Gasteiger charge is -2.33. The first kappa shape index (κ1) is 16.0. The molecule has 1 unspecified atom stereocenters. The number of carbonyl (C=O) groups excluding carboxylic acids is 2. The van der Waals surface area contributed by atoms with E-state index in [0.717, 1.165) is 16.8 Å². The van der Waals surface area contributed by atoms with Crippen molar-refractivity contribution in [3.05, 3.63) is 41.2 Å². The zero-order valence-corrected chi connectivity index (χ0v) is 14.1. The maximum absolute atomic E-state index is 12.6. The van der Waals surface area contributed by atoms with Gasteiger partial charge in [0, 0.05) is 24.8 Å². The van der Waals surface area contributed by atoms with Crippen LogP contribution in [0.3, 0.4) is 0 Å². The van der Waals surface area contributed by atoms with Gasteiger partial charge < -0.3 is 15.4 Å². The Morgan fingerprint density at radius 3 is 2.83 bits per heavy atom. The fourth-order valence-corrected chi connectivity index (χ4v) is 2.55. The van der Waals surface area contributed by atoms with Gasteiger partial charge in [-0.15, -0.1) is 0 Å². The zero-order valence-electron chi connectivity index (χ0n) is 14.1. The Labute approximate surface area is 140 Å². The van der Waals surface area contributed by atoms with Crippen LogP contribution in [0.25, 0.3) is 0 Å². The van der Waals surface area contributed by atoms with Gasteiger partial charge in [-0.1, -0.05) is 6.07 Å². The van der Waals surface area contributed by atoms with Gasteiger partial charge in [-0.05, 0) is 38.5 Å². The number of anilines is 1. The molecule has 2 aromatic rings. The van der Waals surface area contributed by atoms with Crippen LogP contribution < -0.4 is 15.4 Å². The summed E-state index contributed by atoms with van der Waals surface area (Å²) in [5.74, 6) is -0.495. The third-order valence-electron chi connectivity index (χ3n) is 4.34. The lowest BCUT2D eigenvalue weighted by atomic mass is 10.0. The van der Waals surface area contributed by atoms with E-state index in [4.69, 9.17) is 4.74 Å². The van der Waals surface area contributed by atoms with Crippen molar-refractivity contribution >= 4 is 17.5 Å². The average molecular weight is 328 g/mol. The summed E-state index contributed by atoms with van der Waals surface area (Å²) < 4.78 is 7.46. The van der Waals surface area contributed by atoms with Crippen LogP contribution in [0, 0.1) is 13.8 Å². The number of hydrogen-bond acceptors (Lipinski definition) is 4. The molecule has 1 aromatic carbocycles. The monoisotopic (exact) mass is 328 g/mol. The Morgan fingerprint density at radius 1 is 1.42 bits per heavy atom. The lowest BCUT2D eigenvalue weighted by molar-refractivity contribution is -0.146. The number of hydrogen-bond donors (Lipinski definition) is 2. The number of rotatable bonds is 3. The Balaban J connectivity index is 1.77. The second kappa shape index (κ2) is 5.67. The van der Waals surface area contributed by atoms with Gasteiger partial charge in [-0.2, -0.15) is 5.10 Å². The first-order chi connectivity index (χ1) is 11.3. The first-order valence-electron chi connectivity index (χ1n) is 7.68. The van der Waals surface area contributed by atoms with E-state index in [1.807, 2.05) is 33.0 Å². The minimum Gasteiger partial charge on any atom is -0.466 e. The third kappa shape index (κ3) is 2.62. The molecule has 0 bridgehead atoms. The van der Waals surface area contributed by atoms with Gasteiger partial charge in [0.25, 0.3) is 17.4 Å². The van der Waals surface area contributed by atoms with E-state index < -0.39 is 17.4 Å². The molecule has 0 radical (unpaired) electrons. The van der Waals surface area contributed by atoms with Crippen molar-refractivity contribution in [3.8, 4) is 5.75 Å². The standard InChI is InChI=1S/C17H20N4O3/c1-10-5-6-14-13(7-10)20-16(23)17(3,24-14)15(22)18-8-12-9-19-21(4)11(12)2/h5-7,9H,8H2,1-4H3,(H,18,22)(H,20,23). The molecular weight excluding hydrogens is 308 g/mol. The highest BCUT2D eigenvalue weighted by Crippen LogP contribution is 2.34. The summed E-state index contributed by atoms with van der Waals surface area (Å²) in [5.41, 5.74) is 1.81. The van der Waals surface area contributed by atoms with Crippen molar-refractivity contribution in [1.29, 1.82) is 0 Å². The van der Waals surface area contributed by atoms with Crippen molar-refractivity contribution in [1.82, 2.24) is 15.1 Å². The van der Waals surface area contributed by atoms with Crippen LogP contribution in [-0.4, -0.2) is 27.2 Å². The molecule has 24 heavy (non-hydrogen) atoms. The number of aryl methyl sites for hydroxylation is 2. The van der Waals surface area contributed by atoms with E-state index in [-0.39, 0.29) is 6.54 Å². The molecule has 0 spiro atoms. The van der Waals surface area contributed by atoms with Crippen LogP contribution in [-0.2, 0) is 23.2 Å². The van der Waals surface area contributed by atoms with Crippen LogP contribution >= 0.6 is 0 Å². The van der Waals surface area contributed by atoms with Crippen LogP contribution in [0.4, 0.5) is 5.69 Å². The van der Waals surface area contributed by atoms with Gasteiger partial charge in [0.2, 0.25) is 0 Å². The molecule has 1 aliphatic heterocycles. The molecule has 0 fully saturated rings. The Hall–Kier alpha value is -2.83. The number of carbonyl (C=O) groups is 2. The van der Waals surface area contributed by atoms with E-state index >= 15 is 0 Å². The van der Waals surface area contributed by atoms with Gasteiger partial charge in [-0.25, -0.2) is 0 Å². The molecule has 2 heterocycles. The molecule has 126 valence electrons. The second-order valence-electron chi connectivity index (χ2n) is 6.15. The topological polar surface area (TPSA) is 85.3 Å². The van der Waals surface area contributed by atoms with Gasteiger partial charge in [0.1, 0.15) is 5.75 Å². The van der Waals surface area contributed by atoms with Crippen LogP contribution in [0.1, 0.15) is 23.7 Å². The smallest absolute Gasteiger partial charge is 0.278 e. The molecule has 7 heteroatoms. The van der Waals surface area contributed by atoms with E-state index in [2.05, 4.69) is 15.7 Å². The molecule has 2 N–H and O–H groups in total. The molecule has 0 aliphatic carbocycles. The van der Waals surface area contributed by atoms with Crippen LogP contribution in [0.15, 0.2) is 24.4 Å². The van der Waals surface area contributed by atoms with Gasteiger partial charge in [0.15, 0.2) is 0 Å². The Kier molecular flexibility index (Phi) is 3.79. The molecule has 7 nitrogen and oxygen atoms in total. The first-order valence-corrected chi connectivity index (χ1v) is 7.68. The minimum atomic E-state index is -1.61. The summed E-state index contributed by atoms with van der Waals surface area (Å²) in [4.78, 5) is 25.0. The van der Waals surface area contributed by atoms with Crippen molar-refractivity contribution in [2.45, 2.75) is 32.9 Å². The summed E-state index contributed by atoms with van der Waals surface area (Å²) >= 11 is 0. The fraction of sp³-hybridized carbons (Fsp3) is 0.353. The summed E-state index contributed by atoms with van der Waals surface area (Å²) in [7, 11) is 1.83. The SMILES string of the molecule is Cc1ccc2c(c1)NC(=O)C(C)(C(=O)NCc1cnn(C)c1C)O2. The highest BCUT2D eigenvalue weighted by atomic mass is 16.5. The highest BCUT2D eigenvalue weighted by molar-refractivity contribution is 6.15. The van der Waals surface area contributed by atoms with E-state index in [1.54, 1.807) is 16.9 Å². The van der Waals surface area contributed by atoms with E-state index in [1.165, 1.54) is 6.92 Å². The van der Waals surface area contributed by atoms with E-state index in [9.17, 15) is 9.59 Å². The van der Waals surface area contributed by atoms with Crippen LogP contribution in [0.5, 0.6) is 5.75 Å². The number of amides is 2. The number of nitrogens with one attached hydrogen (secondary N) is 2. The van der Waals surface area contributed by atoms with Crippen molar-refractivity contribution in [2.24, 2.45) is 7.05 Å². The van der Waals surface area contributed by atoms with E-state index in [0.29, 0.717) is 11.4 Å². The van der Waals surface area contributed by atoms with Crippen molar-refractivity contribution in [2.75, 3.05) is 5.32 Å². The quantitative estimate of drug-likeness (QED) is 0.835. The minimum absolute atomic E-state index is 0.283. The molecule has 1 aliphatic rings. The van der Waals surface area contributed by atoms with Crippen molar-refractivity contribution in [3.63, 3.8) is 0 Å². The van der Waals surface area contributed by atoms with Gasteiger partial charge in [-0.3, -0.25) is 14.3 Å². The lowest BCUT2D eigenvalue weighted by Crippen LogP contribution is -2.58. The molecule has 3 rings (SSSR count). The molecule has 0 saturated heterocycles. The highest BCUT2D eigenvalue weighted by Gasteiger charge is 2.47. The summed E-state index contributed by atoms with van der Waals surface area (Å²) in [5, 5.41) is 9.63. The molecule has 2 amide bonds. The molecule has 1 atom stereocenters. The third-order valence-corrected chi connectivity index (χ3v) is 4.34.